The Hall–Kier alpha value is -0.330. The molecule has 0 rings (SSSR count). The molecule has 1 unspecified atom stereocenters. The first kappa shape index (κ1) is 39.7. The highest BCUT2D eigenvalue weighted by Gasteiger charge is 2.11. The van der Waals surface area contributed by atoms with Crippen molar-refractivity contribution in [1.82, 2.24) is 0 Å². The van der Waals surface area contributed by atoms with Gasteiger partial charge in [0, 0.05) is 6.42 Å². The Morgan fingerprint density at radius 2 is 0.550 bits per heavy atom. The molecule has 240 valence electrons. The van der Waals surface area contributed by atoms with E-state index in [9.17, 15) is 4.79 Å². The summed E-state index contributed by atoms with van der Waals surface area (Å²) in [4.78, 5) is 11.8. The maximum atomic E-state index is 11.8. The van der Waals surface area contributed by atoms with Crippen LogP contribution in [-0.2, 0) is 4.79 Å². The van der Waals surface area contributed by atoms with Gasteiger partial charge in [-0.25, -0.2) is 0 Å². The van der Waals surface area contributed by atoms with E-state index < -0.39 is 0 Å². The molecule has 0 heterocycles. The van der Waals surface area contributed by atoms with E-state index in [1.54, 1.807) is 6.92 Å². The molecule has 0 saturated heterocycles. The molecule has 0 aliphatic heterocycles. The number of carbonyl (C=O) groups excluding carboxylic acids is 1. The van der Waals surface area contributed by atoms with Crippen LogP contribution in [0.4, 0.5) is 0 Å². The van der Waals surface area contributed by atoms with Gasteiger partial charge in [0.15, 0.2) is 0 Å². The lowest BCUT2D eigenvalue weighted by Gasteiger charge is -2.15. The van der Waals surface area contributed by atoms with Crippen LogP contribution in [0.5, 0.6) is 0 Å². The van der Waals surface area contributed by atoms with Crippen LogP contribution in [0.1, 0.15) is 239 Å². The van der Waals surface area contributed by atoms with Crippen LogP contribution in [0.15, 0.2) is 0 Å². The Balaban J connectivity index is 3.47. The van der Waals surface area contributed by atoms with Crippen molar-refractivity contribution in [3.8, 4) is 0 Å². The number of Topliss-reactive ketones (excluding diaryl/α,β-unsaturated/α-hetero) is 1. The fourth-order valence-electron chi connectivity index (χ4n) is 6.54. The van der Waals surface area contributed by atoms with Gasteiger partial charge in [0.25, 0.3) is 0 Å². The molecule has 0 aromatic rings. The van der Waals surface area contributed by atoms with Crippen LogP contribution >= 0.6 is 0 Å². The molecular formula is C39H78O. The molecular weight excluding hydrogens is 484 g/mol. The van der Waals surface area contributed by atoms with Gasteiger partial charge in [-0.05, 0) is 12.8 Å². The third-order valence-corrected chi connectivity index (χ3v) is 9.26. The first-order valence-corrected chi connectivity index (χ1v) is 19.2. The van der Waals surface area contributed by atoms with Crippen molar-refractivity contribution < 1.29 is 4.79 Å². The average Bonchev–Trinajstić information content (AvgIpc) is 2.94. The van der Waals surface area contributed by atoms with Gasteiger partial charge in [0.05, 0.1) is 0 Å². The fourth-order valence-corrected chi connectivity index (χ4v) is 6.54. The standard InChI is InChI=1S/C39H78O/c1-4-6-8-10-12-14-16-18-20-22-24-26-28-30-32-34-36-39(37-38(3)40)35-33-31-29-27-25-23-21-19-17-15-13-11-9-7-5-2/h39H,4-37H2,1-3H3. The summed E-state index contributed by atoms with van der Waals surface area (Å²) in [5.74, 6) is 1.06. The summed E-state index contributed by atoms with van der Waals surface area (Å²) in [6.07, 6.45) is 47.8. The van der Waals surface area contributed by atoms with Crippen LogP contribution in [0.2, 0.25) is 0 Å². The molecule has 0 aliphatic rings. The molecule has 0 amide bonds. The number of ketones is 1. The zero-order chi connectivity index (χ0) is 29.2. The zero-order valence-corrected chi connectivity index (χ0v) is 28.5. The highest BCUT2D eigenvalue weighted by molar-refractivity contribution is 5.75. The lowest BCUT2D eigenvalue weighted by Crippen LogP contribution is -2.06. The molecule has 0 saturated carbocycles. The molecule has 1 atom stereocenters. The van der Waals surface area contributed by atoms with E-state index in [1.807, 2.05) is 0 Å². The lowest BCUT2D eigenvalue weighted by molar-refractivity contribution is -0.118. The predicted octanol–water partition coefficient (Wildman–Crippen LogP) is 14.5. The van der Waals surface area contributed by atoms with Crippen LogP contribution in [0.3, 0.4) is 0 Å². The van der Waals surface area contributed by atoms with Crippen LogP contribution in [-0.4, -0.2) is 5.78 Å². The van der Waals surface area contributed by atoms with Gasteiger partial charge in [-0.3, -0.25) is 0 Å². The van der Waals surface area contributed by atoms with Gasteiger partial charge >= 0.3 is 0 Å². The van der Waals surface area contributed by atoms with Gasteiger partial charge in [0.1, 0.15) is 5.78 Å². The van der Waals surface area contributed by atoms with Crippen molar-refractivity contribution in [2.45, 2.75) is 239 Å². The Labute approximate surface area is 255 Å². The molecule has 0 radical (unpaired) electrons. The number of unbranched alkanes of at least 4 members (excludes halogenated alkanes) is 29. The van der Waals surface area contributed by atoms with Crippen molar-refractivity contribution in [3.63, 3.8) is 0 Å². The molecule has 0 aromatic heterocycles. The average molecular weight is 563 g/mol. The van der Waals surface area contributed by atoms with Crippen molar-refractivity contribution in [1.29, 1.82) is 0 Å². The zero-order valence-electron chi connectivity index (χ0n) is 28.5. The maximum absolute atomic E-state index is 11.8. The Kier molecular flexibility index (Phi) is 34.6. The summed E-state index contributed by atoms with van der Waals surface area (Å²) in [7, 11) is 0. The highest BCUT2D eigenvalue weighted by atomic mass is 16.1. The molecule has 40 heavy (non-hydrogen) atoms. The smallest absolute Gasteiger partial charge is 0.130 e. The number of hydrogen-bond donors (Lipinski definition) is 0. The fraction of sp³-hybridized carbons (Fsp3) is 0.974. The van der Waals surface area contributed by atoms with Gasteiger partial charge in [-0.1, -0.05) is 226 Å². The van der Waals surface area contributed by atoms with E-state index in [4.69, 9.17) is 0 Å². The van der Waals surface area contributed by atoms with E-state index in [-0.39, 0.29) is 0 Å². The van der Waals surface area contributed by atoms with Gasteiger partial charge < -0.3 is 4.79 Å². The molecule has 0 bridgehead atoms. The van der Waals surface area contributed by atoms with E-state index in [0.717, 1.165) is 6.42 Å². The first-order chi connectivity index (χ1) is 19.7. The summed E-state index contributed by atoms with van der Waals surface area (Å²) in [5.41, 5.74) is 0. The molecule has 0 aliphatic carbocycles. The minimum Gasteiger partial charge on any atom is -0.300 e. The van der Waals surface area contributed by atoms with Crippen molar-refractivity contribution in [3.05, 3.63) is 0 Å². The number of carbonyl (C=O) groups is 1. The SMILES string of the molecule is CCCCCCCCCCCCCCCCCCC(CCCCCCCCCCCCCCCCC)CC(C)=O. The predicted molar refractivity (Wildman–Crippen MR) is 182 cm³/mol. The third kappa shape index (κ3) is 33.9. The minimum absolute atomic E-state index is 0.405. The normalized spacial score (nSPS) is 12.3. The molecule has 0 spiro atoms. The van der Waals surface area contributed by atoms with E-state index >= 15 is 0 Å². The van der Waals surface area contributed by atoms with Crippen molar-refractivity contribution in [2.24, 2.45) is 5.92 Å². The van der Waals surface area contributed by atoms with Gasteiger partial charge in [-0.2, -0.15) is 0 Å². The monoisotopic (exact) mass is 563 g/mol. The van der Waals surface area contributed by atoms with Crippen LogP contribution in [0.25, 0.3) is 0 Å². The second-order valence-electron chi connectivity index (χ2n) is 13.6. The molecule has 1 nitrogen and oxygen atoms in total. The van der Waals surface area contributed by atoms with E-state index in [1.165, 1.54) is 212 Å². The topological polar surface area (TPSA) is 17.1 Å². The second-order valence-corrected chi connectivity index (χ2v) is 13.6. The third-order valence-electron chi connectivity index (χ3n) is 9.26. The van der Waals surface area contributed by atoms with Gasteiger partial charge in [-0.15, -0.1) is 0 Å². The lowest BCUT2D eigenvalue weighted by atomic mass is 9.90. The van der Waals surface area contributed by atoms with Crippen molar-refractivity contribution >= 4 is 5.78 Å². The highest BCUT2D eigenvalue weighted by Crippen LogP contribution is 2.23. The largest absolute Gasteiger partial charge is 0.300 e. The summed E-state index contributed by atoms with van der Waals surface area (Å²) < 4.78 is 0. The maximum Gasteiger partial charge on any atom is 0.130 e. The molecule has 0 fully saturated rings. The summed E-state index contributed by atoms with van der Waals surface area (Å²) in [6, 6.07) is 0. The van der Waals surface area contributed by atoms with Crippen molar-refractivity contribution in [2.75, 3.05) is 0 Å². The Morgan fingerprint density at radius 3 is 0.750 bits per heavy atom. The molecule has 0 N–H and O–H groups in total. The summed E-state index contributed by atoms with van der Waals surface area (Å²) >= 11 is 0. The van der Waals surface area contributed by atoms with E-state index in [2.05, 4.69) is 13.8 Å². The van der Waals surface area contributed by atoms with Crippen LogP contribution in [0, 0.1) is 5.92 Å². The Bertz CT molecular complexity index is 469. The minimum atomic E-state index is 0.405. The van der Waals surface area contributed by atoms with Gasteiger partial charge in [0.2, 0.25) is 0 Å². The van der Waals surface area contributed by atoms with Crippen LogP contribution < -0.4 is 0 Å². The van der Waals surface area contributed by atoms with E-state index in [0.29, 0.717) is 11.7 Å². The quantitative estimate of drug-likeness (QED) is 0.0702. The number of hydrogen-bond acceptors (Lipinski definition) is 1. The first-order valence-electron chi connectivity index (χ1n) is 19.2. The molecule has 0 aromatic carbocycles. The second kappa shape index (κ2) is 34.9. The molecule has 1 heteroatoms. The Morgan fingerprint density at radius 1 is 0.350 bits per heavy atom. The summed E-state index contributed by atoms with van der Waals surface area (Å²) in [6.45, 7) is 6.40. The summed E-state index contributed by atoms with van der Waals surface area (Å²) in [5, 5.41) is 0. The number of rotatable bonds is 35.